The molecule has 0 atom stereocenters. The Bertz CT molecular complexity index is 1230. The summed E-state index contributed by atoms with van der Waals surface area (Å²) in [7, 11) is -3.64. The lowest BCUT2D eigenvalue weighted by Gasteiger charge is -2.10. The van der Waals surface area contributed by atoms with Crippen LogP contribution in [0.4, 0.5) is 5.69 Å². The Hall–Kier alpha value is -3.26. The summed E-state index contributed by atoms with van der Waals surface area (Å²) in [5.41, 5.74) is 4.74. The molecular weight excluding hydrogens is 362 g/mol. The van der Waals surface area contributed by atoms with Gasteiger partial charge in [0.25, 0.3) is 10.0 Å². The molecule has 2 aromatic heterocycles. The lowest BCUT2D eigenvalue weighted by atomic mass is 10.1. The maximum atomic E-state index is 12.6. The lowest BCUT2D eigenvalue weighted by molar-refractivity contribution is 0.601. The zero-order valence-electron chi connectivity index (χ0n) is 14.8. The number of rotatable bonds is 4. The first-order valence-electron chi connectivity index (χ1n) is 8.30. The first-order chi connectivity index (χ1) is 12.9. The Labute approximate surface area is 156 Å². The van der Waals surface area contributed by atoms with Gasteiger partial charge in [0.2, 0.25) is 0 Å². The van der Waals surface area contributed by atoms with Crippen LogP contribution in [-0.4, -0.2) is 28.2 Å². The van der Waals surface area contributed by atoms with Gasteiger partial charge < -0.3 is 0 Å². The van der Waals surface area contributed by atoms with E-state index in [0.29, 0.717) is 11.3 Å². The van der Waals surface area contributed by atoms with Crippen LogP contribution in [0.5, 0.6) is 0 Å². The SMILES string of the molecule is Cc1ccc(S(=O)(=O)Nc2ccc(-c3ccc4nncn4n3)cc2)cc1C. The molecule has 27 heavy (non-hydrogen) atoms. The number of hydrogen-bond donors (Lipinski definition) is 1. The summed E-state index contributed by atoms with van der Waals surface area (Å²) < 4.78 is 29.4. The molecule has 8 heteroatoms. The first kappa shape index (κ1) is 17.2. The molecule has 2 aromatic carbocycles. The second kappa shape index (κ2) is 6.48. The number of aryl methyl sites for hydroxylation is 2. The van der Waals surface area contributed by atoms with Crippen molar-refractivity contribution in [2.75, 3.05) is 4.72 Å². The Balaban J connectivity index is 1.59. The van der Waals surface area contributed by atoms with E-state index in [1.807, 2.05) is 38.1 Å². The van der Waals surface area contributed by atoms with Gasteiger partial charge in [-0.25, -0.2) is 8.42 Å². The molecule has 0 amide bonds. The maximum absolute atomic E-state index is 12.6. The Morgan fingerprint density at radius 2 is 1.70 bits per heavy atom. The summed E-state index contributed by atoms with van der Waals surface area (Å²) in [6, 6.07) is 15.8. The van der Waals surface area contributed by atoms with Crippen molar-refractivity contribution in [3.63, 3.8) is 0 Å². The number of nitrogens with one attached hydrogen (secondary N) is 1. The van der Waals surface area contributed by atoms with Crippen molar-refractivity contribution in [1.82, 2.24) is 19.8 Å². The lowest BCUT2D eigenvalue weighted by Crippen LogP contribution is -2.13. The second-order valence-corrected chi connectivity index (χ2v) is 7.96. The predicted molar refractivity (Wildman–Crippen MR) is 103 cm³/mol. The quantitative estimate of drug-likeness (QED) is 0.588. The van der Waals surface area contributed by atoms with E-state index in [0.717, 1.165) is 22.4 Å². The Morgan fingerprint density at radius 3 is 2.44 bits per heavy atom. The van der Waals surface area contributed by atoms with E-state index in [9.17, 15) is 8.42 Å². The maximum Gasteiger partial charge on any atom is 0.261 e. The number of anilines is 1. The molecule has 0 radical (unpaired) electrons. The average Bonchev–Trinajstić information content (AvgIpc) is 3.12. The van der Waals surface area contributed by atoms with Crippen molar-refractivity contribution >= 4 is 21.4 Å². The van der Waals surface area contributed by atoms with Crippen molar-refractivity contribution in [2.24, 2.45) is 0 Å². The molecule has 0 unspecified atom stereocenters. The minimum Gasteiger partial charge on any atom is -0.280 e. The predicted octanol–water partition coefficient (Wildman–Crippen LogP) is 3.21. The van der Waals surface area contributed by atoms with E-state index >= 15 is 0 Å². The van der Waals surface area contributed by atoms with E-state index in [4.69, 9.17) is 0 Å². The molecular formula is C19H17N5O2S. The van der Waals surface area contributed by atoms with Gasteiger partial charge in [-0.2, -0.15) is 9.61 Å². The number of sulfonamides is 1. The van der Waals surface area contributed by atoms with Crippen LogP contribution >= 0.6 is 0 Å². The third-order valence-corrected chi connectivity index (χ3v) is 5.76. The van der Waals surface area contributed by atoms with Gasteiger partial charge in [-0.05, 0) is 61.4 Å². The minimum atomic E-state index is -3.64. The molecule has 0 aliphatic carbocycles. The molecule has 4 aromatic rings. The van der Waals surface area contributed by atoms with Crippen molar-refractivity contribution in [3.8, 4) is 11.3 Å². The smallest absolute Gasteiger partial charge is 0.261 e. The second-order valence-electron chi connectivity index (χ2n) is 6.28. The van der Waals surface area contributed by atoms with Gasteiger partial charge in [0, 0.05) is 11.3 Å². The Kier molecular flexibility index (Phi) is 4.12. The largest absolute Gasteiger partial charge is 0.280 e. The van der Waals surface area contributed by atoms with Crippen LogP contribution in [0.2, 0.25) is 0 Å². The van der Waals surface area contributed by atoms with E-state index in [-0.39, 0.29) is 4.90 Å². The number of fused-ring (bicyclic) bond motifs is 1. The van der Waals surface area contributed by atoms with Crippen LogP contribution < -0.4 is 4.72 Å². The number of hydrogen-bond acceptors (Lipinski definition) is 5. The molecule has 1 N–H and O–H groups in total. The minimum absolute atomic E-state index is 0.245. The van der Waals surface area contributed by atoms with Gasteiger partial charge in [0.15, 0.2) is 5.65 Å². The highest BCUT2D eigenvalue weighted by atomic mass is 32.2. The van der Waals surface area contributed by atoms with Gasteiger partial charge >= 0.3 is 0 Å². The molecule has 136 valence electrons. The molecule has 0 saturated heterocycles. The standard InChI is InChI=1S/C19H17N5O2S/c1-13-3-8-17(11-14(13)2)27(25,26)23-16-6-4-15(5-7-16)18-9-10-19-21-20-12-24(19)22-18/h3-12,23H,1-2H3. The molecule has 0 aliphatic rings. The van der Waals surface area contributed by atoms with Gasteiger partial charge in [0.1, 0.15) is 6.33 Å². The summed E-state index contributed by atoms with van der Waals surface area (Å²) in [5, 5.41) is 12.2. The van der Waals surface area contributed by atoms with Crippen molar-refractivity contribution in [3.05, 3.63) is 72.1 Å². The zero-order chi connectivity index (χ0) is 19.0. The number of nitrogens with zero attached hydrogens (tertiary/aromatic N) is 4. The van der Waals surface area contributed by atoms with Crippen LogP contribution in [0.1, 0.15) is 11.1 Å². The number of benzene rings is 2. The monoisotopic (exact) mass is 379 g/mol. The van der Waals surface area contributed by atoms with Gasteiger partial charge in [-0.1, -0.05) is 18.2 Å². The van der Waals surface area contributed by atoms with Crippen LogP contribution in [0, 0.1) is 13.8 Å². The van der Waals surface area contributed by atoms with Crippen molar-refractivity contribution in [1.29, 1.82) is 0 Å². The van der Waals surface area contributed by atoms with Gasteiger partial charge in [-0.3, -0.25) is 4.72 Å². The van der Waals surface area contributed by atoms with Crippen LogP contribution in [0.3, 0.4) is 0 Å². The third kappa shape index (κ3) is 3.39. The molecule has 7 nitrogen and oxygen atoms in total. The van der Waals surface area contributed by atoms with E-state index in [1.54, 1.807) is 34.8 Å². The highest BCUT2D eigenvalue weighted by Crippen LogP contribution is 2.22. The number of aromatic nitrogens is 4. The Morgan fingerprint density at radius 1 is 0.926 bits per heavy atom. The highest BCUT2D eigenvalue weighted by molar-refractivity contribution is 7.92. The van der Waals surface area contributed by atoms with Crippen LogP contribution in [0.25, 0.3) is 16.9 Å². The fourth-order valence-electron chi connectivity index (χ4n) is 2.69. The van der Waals surface area contributed by atoms with Crippen molar-refractivity contribution < 1.29 is 8.42 Å². The fraction of sp³-hybridized carbons (Fsp3) is 0.105. The van der Waals surface area contributed by atoms with Gasteiger partial charge in [0.05, 0.1) is 10.6 Å². The van der Waals surface area contributed by atoms with E-state index < -0.39 is 10.0 Å². The van der Waals surface area contributed by atoms with E-state index in [2.05, 4.69) is 20.0 Å². The van der Waals surface area contributed by atoms with Crippen LogP contribution in [0.15, 0.2) is 65.8 Å². The summed E-state index contributed by atoms with van der Waals surface area (Å²) in [5.74, 6) is 0. The first-order valence-corrected chi connectivity index (χ1v) is 9.78. The zero-order valence-corrected chi connectivity index (χ0v) is 15.6. The third-order valence-electron chi connectivity index (χ3n) is 4.38. The highest BCUT2D eigenvalue weighted by Gasteiger charge is 2.15. The molecule has 0 aliphatic heterocycles. The summed E-state index contributed by atoms with van der Waals surface area (Å²) in [4.78, 5) is 0.245. The van der Waals surface area contributed by atoms with Gasteiger partial charge in [-0.15, -0.1) is 10.2 Å². The fourth-order valence-corrected chi connectivity index (χ4v) is 3.83. The molecule has 0 bridgehead atoms. The molecule has 4 rings (SSSR count). The van der Waals surface area contributed by atoms with Crippen LogP contribution in [-0.2, 0) is 10.0 Å². The molecule has 0 saturated carbocycles. The van der Waals surface area contributed by atoms with E-state index in [1.165, 1.54) is 6.33 Å². The molecule has 0 fully saturated rings. The normalized spacial score (nSPS) is 11.6. The molecule has 0 spiro atoms. The summed E-state index contributed by atoms with van der Waals surface area (Å²) >= 11 is 0. The molecule has 2 heterocycles. The average molecular weight is 379 g/mol. The van der Waals surface area contributed by atoms with Crippen molar-refractivity contribution in [2.45, 2.75) is 18.7 Å². The summed E-state index contributed by atoms with van der Waals surface area (Å²) in [6.45, 7) is 3.84. The summed E-state index contributed by atoms with van der Waals surface area (Å²) in [6.07, 6.45) is 1.53. The topological polar surface area (TPSA) is 89.2 Å².